The third-order valence-corrected chi connectivity index (χ3v) is 3.75. The zero-order valence-corrected chi connectivity index (χ0v) is 12.0. The lowest BCUT2D eigenvalue weighted by Gasteiger charge is -2.12. The number of thiazole rings is 1. The monoisotopic (exact) mass is 296 g/mol. The van der Waals surface area contributed by atoms with Crippen molar-refractivity contribution in [1.29, 1.82) is 0 Å². The first kappa shape index (κ1) is 13.8. The molecule has 19 heavy (non-hydrogen) atoms. The number of rotatable bonds is 4. The minimum absolute atomic E-state index is 0.177. The minimum atomic E-state index is -0.315. The van der Waals surface area contributed by atoms with E-state index in [-0.39, 0.29) is 17.6 Å². The lowest BCUT2D eigenvalue weighted by atomic mass is 10.3. The van der Waals surface area contributed by atoms with Crippen molar-refractivity contribution < 1.29 is 4.79 Å². The predicted molar refractivity (Wildman–Crippen MR) is 76.8 cm³/mol. The molecule has 5 nitrogen and oxygen atoms in total. The molecular formula is C12H13ClN4OS. The summed E-state index contributed by atoms with van der Waals surface area (Å²) in [7, 11) is 1.73. The van der Waals surface area contributed by atoms with Crippen LogP contribution in [0.25, 0.3) is 0 Å². The number of aromatic nitrogens is 2. The Morgan fingerprint density at radius 3 is 2.89 bits per heavy atom. The zero-order chi connectivity index (χ0) is 13.8. The van der Waals surface area contributed by atoms with E-state index < -0.39 is 0 Å². The summed E-state index contributed by atoms with van der Waals surface area (Å²) in [5, 5.41) is 8.73. The smallest absolute Gasteiger partial charge is 0.272 e. The number of halogens is 1. The Morgan fingerprint density at radius 2 is 2.26 bits per heavy atom. The summed E-state index contributed by atoms with van der Waals surface area (Å²) in [6, 6.07) is 3.18. The first-order chi connectivity index (χ1) is 9.11. The Morgan fingerprint density at radius 1 is 1.47 bits per heavy atom. The molecule has 2 aromatic rings. The molecule has 0 fully saturated rings. The summed E-state index contributed by atoms with van der Waals surface area (Å²) >= 11 is 7.48. The third kappa shape index (κ3) is 3.21. The quantitative estimate of drug-likeness (QED) is 0.910. The maximum absolute atomic E-state index is 12.1. The number of pyridine rings is 1. The van der Waals surface area contributed by atoms with Gasteiger partial charge in [-0.25, -0.2) is 9.97 Å². The Bertz CT molecular complexity index is 573. The van der Waals surface area contributed by atoms with Gasteiger partial charge in [0.25, 0.3) is 5.91 Å². The summed E-state index contributed by atoms with van der Waals surface area (Å²) in [5.41, 5.74) is 0.205. The number of hydrogen-bond donors (Lipinski definition) is 2. The van der Waals surface area contributed by atoms with Crippen molar-refractivity contribution in [1.82, 2.24) is 15.3 Å². The predicted octanol–water partition coefficient (Wildman–Crippen LogP) is 2.72. The molecule has 0 radical (unpaired) electrons. The van der Waals surface area contributed by atoms with Gasteiger partial charge < -0.3 is 10.6 Å². The minimum Gasteiger partial charge on any atom is -0.373 e. The van der Waals surface area contributed by atoms with E-state index in [1.807, 2.05) is 12.3 Å². The van der Waals surface area contributed by atoms with E-state index in [1.54, 1.807) is 25.4 Å². The van der Waals surface area contributed by atoms with Crippen molar-refractivity contribution in [2.45, 2.75) is 13.0 Å². The summed E-state index contributed by atoms with van der Waals surface area (Å²) in [4.78, 5) is 20.4. The van der Waals surface area contributed by atoms with Crippen LogP contribution in [0.15, 0.2) is 23.7 Å². The van der Waals surface area contributed by atoms with Crippen LogP contribution >= 0.6 is 22.9 Å². The van der Waals surface area contributed by atoms with Gasteiger partial charge in [0.05, 0.1) is 11.1 Å². The summed E-state index contributed by atoms with van der Waals surface area (Å²) < 4.78 is 0. The van der Waals surface area contributed by atoms with Gasteiger partial charge in [0.1, 0.15) is 16.5 Å². The standard InChI is InChI=1S/C12H13ClN4OS/c1-7(12-15-5-6-19-12)16-11(18)10-8(13)3-4-9(14-2)17-10/h3-7H,1-2H3,(H,14,17)(H,16,18). The van der Waals surface area contributed by atoms with Gasteiger partial charge in [-0.2, -0.15) is 0 Å². The van der Waals surface area contributed by atoms with E-state index in [1.165, 1.54) is 11.3 Å². The average molecular weight is 297 g/mol. The van der Waals surface area contributed by atoms with Gasteiger partial charge in [-0.1, -0.05) is 11.6 Å². The summed E-state index contributed by atoms with van der Waals surface area (Å²) in [6.07, 6.45) is 1.70. The number of nitrogens with one attached hydrogen (secondary N) is 2. The molecule has 0 bridgehead atoms. The number of nitrogens with zero attached hydrogens (tertiary/aromatic N) is 2. The first-order valence-electron chi connectivity index (χ1n) is 5.66. The SMILES string of the molecule is CNc1ccc(Cl)c(C(=O)NC(C)c2nccs2)n1. The van der Waals surface area contributed by atoms with Gasteiger partial charge in [0, 0.05) is 18.6 Å². The van der Waals surface area contributed by atoms with Crippen LogP contribution in [0.3, 0.4) is 0 Å². The molecule has 2 heterocycles. The van der Waals surface area contributed by atoms with E-state index in [4.69, 9.17) is 11.6 Å². The van der Waals surface area contributed by atoms with Gasteiger partial charge in [-0.15, -0.1) is 11.3 Å². The van der Waals surface area contributed by atoms with Gasteiger partial charge in [0.2, 0.25) is 0 Å². The highest BCUT2D eigenvalue weighted by Crippen LogP contribution is 2.19. The van der Waals surface area contributed by atoms with Gasteiger partial charge >= 0.3 is 0 Å². The van der Waals surface area contributed by atoms with Crippen molar-refractivity contribution in [3.63, 3.8) is 0 Å². The van der Waals surface area contributed by atoms with Crippen LogP contribution in [0.4, 0.5) is 5.82 Å². The van der Waals surface area contributed by atoms with Crippen molar-refractivity contribution >= 4 is 34.7 Å². The molecule has 0 aliphatic carbocycles. The molecule has 1 unspecified atom stereocenters. The molecule has 0 aromatic carbocycles. The lowest BCUT2D eigenvalue weighted by molar-refractivity contribution is 0.0935. The fourth-order valence-electron chi connectivity index (χ4n) is 1.52. The summed E-state index contributed by atoms with van der Waals surface area (Å²) in [6.45, 7) is 1.87. The normalized spacial score (nSPS) is 11.9. The largest absolute Gasteiger partial charge is 0.373 e. The number of hydrogen-bond acceptors (Lipinski definition) is 5. The highest BCUT2D eigenvalue weighted by Gasteiger charge is 2.17. The number of carbonyl (C=O) groups excluding carboxylic acids is 1. The molecule has 0 saturated carbocycles. The van der Waals surface area contributed by atoms with Crippen molar-refractivity contribution in [2.24, 2.45) is 0 Å². The van der Waals surface area contributed by atoms with Crippen molar-refractivity contribution in [2.75, 3.05) is 12.4 Å². The highest BCUT2D eigenvalue weighted by atomic mass is 35.5. The van der Waals surface area contributed by atoms with Crippen LogP contribution in [0.5, 0.6) is 0 Å². The molecule has 100 valence electrons. The van der Waals surface area contributed by atoms with Crippen LogP contribution < -0.4 is 10.6 Å². The van der Waals surface area contributed by atoms with Crippen LogP contribution in [-0.4, -0.2) is 22.9 Å². The second kappa shape index (κ2) is 5.99. The molecule has 1 amide bonds. The van der Waals surface area contributed by atoms with E-state index in [9.17, 15) is 4.79 Å². The zero-order valence-electron chi connectivity index (χ0n) is 10.5. The molecule has 0 saturated heterocycles. The second-order valence-electron chi connectivity index (χ2n) is 3.84. The Hall–Kier alpha value is -1.66. The maximum Gasteiger partial charge on any atom is 0.272 e. The molecule has 2 rings (SSSR count). The molecule has 0 aliphatic rings. The van der Waals surface area contributed by atoms with E-state index >= 15 is 0 Å². The Kier molecular flexibility index (Phi) is 4.34. The molecule has 0 spiro atoms. The van der Waals surface area contributed by atoms with Gasteiger partial charge in [-0.3, -0.25) is 4.79 Å². The number of anilines is 1. The third-order valence-electron chi connectivity index (χ3n) is 2.49. The van der Waals surface area contributed by atoms with Gasteiger partial charge in [-0.05, 0) is 19.1 Å². The highest BCUT2D eigenvalue weighted by molar-refractivity contribution is 7.09. The lowest BCUT2D eigenvalue weighted by Crippen LogP contribution is -2.27. The Labute approximate surface area is 120 Å². The topological polar surface area (TPSA) is 66.9 Å². The van der Waals surface area contributed by atoms with Crippen LogP contribution in [-0.2, 0) is 0 Å². The average Bonchev–Trinajstić information content (AvgIpc) is 2.93. The molecule has 7 heteroatoms. The molecule has 2 N–H and O–H groups in total. The number of amides is 1. The van der Waals surface area contributed by atoms with E-state index in [0.29, 0.717) is 10.8 Å². The van der Waals surface area contributed by atoms with Gasteiger partial charge in [0.15, 0.2) is 0 Å². The molecule has 2 aromatic heterocycles. The Balaban J connectivity index is 2.16. The van der Waals surface area contributed by atoms with Crippen molar-refractivity contribution in [3.05, 3.63) is 39.4 Å². The van der Waals surface area contributed by atoms with Crippen molar-refractivity contribution in [3.8, 4) is 0 Å². The second-order valence-corrected chi connectivity index (χ2v) is 5.18. The number of carbonyl (C=O) groups is 1. The van der Waals surface area contributed by atoms with Crippen LogP contribution in [0.1, 0.15) is 28.5 Å². The van der Waals surface area contributed by atoms with E-state index in [2.05, 4.69) is 20.6 Å². The maximum atomic E-state index is 12.1. The molecule has 1 atom stereocenters. The summed E-state index contributed by atoms with van der Waals surface area (Å²) in [5.74, 6) is 0.279. The molecule has 0 aliphatic heterocycles. The van der Waals surface area contributed by atoms with Crippen LogP contribution in [0, 0.1) is 0 Å². The molecular weight excluding hydrogens is 284 g/mol. The fourth-order valence-corrected chi connectivity index (χ4v) is 2.35. The van der Waals surface area contributed by atoms with E-state index in [0.717, 1.165) is 5.01 Å². The first-order valence-corrected chi connectivity index (χ1v) is 6.92. The van der Waals surface area contributed by atoms with Crippen LogP contribution in [0.2, 0.25) is 5.02 Å². The fraction of sp³-hybridized carbons (Fsp3) is 0.250.